The lowest BCUT2D eigenvalue weighted by Gasteiger charge is -2.32. The fourth-order valence-corrected chi connectivity index (χ4v) is 2.65. The van der Waals surface area contributed by atoms with Crippen molar-refractivity contribution >= 4 is 21.8 Å². The van der Waals surface area contributed by atoms with Crippen molar-refractivity contribution in [2.45, 2.75) is 12.8 Å². The van der Waals surface area contributed by atoms with Crippen LogP contribution >= 0.6 is 15.9 Å². The van der Waals surface area contributed by atoms with Crippen molar-refractivity contribution in [3.05, 3.63) is 28.2 Å². The first-order valence-corrected chi connectivity index (χ1v) is 6.89. The zero-order chi connectivity index (χ0) is 13.1. The van der Waals surface area contributed by atoms with Gasteiger partial charge in [-0.25, -0.2) is 0 Å². The Labute approximate surface area is 115 Å². The SMILES string of the molecule is NCC1CCCN(C(=O)c2cc(Br)ccc2O)C1. The minimum absolute atomic E-state index is 0.0260. The Bertz CT molecular complexity index is 451. The molecule has 2 rings (SSSR count). The Morgan fingerprint density at radius 3 is 3.06 bits per heavy atom. The summed E-state index contributed by atoms with van der Waals surface area (Å²) in [5.74, 6) is 0.280. The molecule has 0 bridgehead atoms. The van der Waals surface area contributed by atoms with Gasteiger partial charge in [-0.15, -0.1) is 0 Å². The van der Waals surface area contributed by atoms with Gasteiger partial charge in [-0.05, 0) is 43.5 Å². The number of benzene rings is 1. The monoisotopic (exact) mass is 312 g/mol. The normalized spacial score (nSPS) is 19.9. The van der Waals surface area contributed by atoms with Crippen LogP contribution in [-0.2, 0) is 0 Å². The summed E-state index contributed by atoms with van der Waals surface area (Å²) in [6, 6.07) is 4.90. The van der Waals surface area contributed by atoms with Crippen molar-refractivity contribution in [2.24, 2.45) is 11.7 Å². The topological polar surface area (TPSA) is 66.6 Å². The summed E-state index contributed by atoms with van der Waals surface area (Å²) < 4.78 is 0.788. The number of aromatic hydroxyl groups is 1. The molecule has 1 heterocycles. The van der Waals surface area contributed by atoms with E-state index < -0.39 is 0 Å². The molecule has 1 atom stereocenters. The molecule has 3 N–H and O–H groups in total. The van der Waals surface area contributed by atoms with Gasteiger partial charge in [0.25, 0.3) is 5.91 Å². The summed E-state index contributed by atoms with van der Waals surface area (Å²) in [6.45, 7) is 2.02. The average molecular weight is 313 g/mol. The number of amides is 1. The lowest BCUT2D eigenvalue weighted by atomic mass is 9.97. The van der Waals surface area contributed by atoms with E-state index in [1.807, 2.05) is 0 Å². The zero-order valence-corrected chi connectivity index (χ0v) is 11.7. The van der Waals surface area contributed by atoms with Crippen LogP contribution in [0, 0.1) is 5.92 Å². The Kier molecular flexibility index (Phi) is 4.24. The van der Waals surface area contributed by atoms with E-state index in [1.165, 1.54) is 6.07 Å². The van der Waals surface area contributed by atoms with Crippen molar-refractivity contribution in [3.63, 3.8) is 0 Å². The van der Waals surface area contributed by atoms with Gasteiger partial charge >= 0.3 is 0 Å². The second kappa shape index (κ2) is 5.71. The maximum absolute atomic E-state index is 12.3. The van der Waals surface area contributed by atoms with Gasteiger partial charge in [0.1, 0.15) is 5.75 Å². The van der Waals surface area contributed by atoms with E-state index >= 15 is 0 Å². The molecule has 1 unspecified atom stereocenters. The molecule has 1 fully saturated rings. The van der Waals surface area contributed by atoms with Gasteiger partial charge < -0.3 is 15.7 Å². The lowest BCUT2D eigenvalue weighted by Crippen LogP contribution is -2.42. The predicted octanol–water partition coefficient (Wildman–Crippen LogP) is 1.97. The van der Waals surface area contributed by atoms with Gasteiger partial charge in [-0.1, -0.05) is 15.9 Å². The number of hydrogen-bond donors (Lipinski definition) is 2. The molecule has 1 saturated heterocycles. The molecule has 0 aliphatic carbocycles. The van der Waals surface area contributed by atoms with Crippen LogP contribution in [0.5, 0.6) is 5.75 Å². The van der Waals surface area contributed by atoms with Crippen molar-refractivity contribution in [2.75, 3.05) is 19.6 Å². The molecule has 1 aliphatic rings. The number of piperidine rings is 1. The van der Waals surface area contributed by atoms with Gasteiger partial charge in [0.2, 0.25) is 0 Å². The quantitative estimate of drug-likeness (QED) is 0.877. The average Bonchev–Trinajstić information content (AvgIpc) is 2.41. The van der Waals surface area contributed by atoms with E-state index in [4.69, 9.17) is 5.73 Å². The summed E-state index contributed by atoms with van der Waals surface area (Å²) in [7, 11) is 0. The minimum atomic E-state index is -0.119. The fourth-order valence-electron chi connectivity index (χ4n) is 2.29. The number of hydrogen-bond acceptors (Lipinski definition) is 3. The number of likely N-dealkylation sites (tertiary alicyclic amines) is 1. The summed E-state index contributed by atoms with van der Waals surface area (Å²) in [6.07, 6.45) is 2.05. The molecule has 1 amide bonds. The van der Waals surface area contributed by atoms with E-state index in [1.54, 1.807) is 17.0 Å². The molecule has 5 heteroatoms. The number of phenols is 1. The van der Waals surface area contributed by atoms with Gasteiger partial charge in [0.15, 0.2) is 0 Å². The number of carbonyl (C=O) groups is 1. The number of rotatable bonds is 2. The molecule has 1 aromatic rings. The van der Waals surface area contributed by atoms with Gasteiger partial charge in [0, 0.05) is 17.6 Å². The molecule has 1 aliphatic heterocycles. The second-order valence-corrected chi connectivity index (χ2v) is 5.57. The van der Waals surface area contributed by atoms with Gasteiger partial charge in [-0.2, -0.15) is 0 Å². The Morgan fingerprint density at radius 1 is 1.56 bits per heavy atom. The number of nitrogens with two attached hydrogens (primary N) is 1. The van der Waals surface area contributed by atoms with Crippen molar-refractivity contribution in [3.8, 4) is 5.75 Å². The van der Waals surface area contributed by atoms with Gasteiger partial charge in [0.05, 0.1) is 5.56 Å². The highest BCUT2D eigenvalue weighted by Gasteiger charge is 2.25. The first-order chi connectivity index (χ1) is 8.61. The Balaban J connectivity index is 2.17. The molecule has 4 nitrogen and oxygen atoms in total. The molecular weight excluding hydrogens is 296 g/mol. The van der Waals surface area contributed by atoms with E-state index in [0.717, 1.165) is 23.9 Å². The lowest BCUT2D eigenvalue weighted by molar-refractivity contribution is 0.0675. The van der Waals surface area contributed by atoms with E-state index in [9.17, 15) is 9.90 Å². The summed E-state index contributed by atoms with van der Waals surface area (Å²) in [4.78, 5) is 14.1. The molecule has 18 heavy (non-hydrogen) atoms. The first-order valence-electron chi connectivity index (χ1n) is 6.09. The van der Waals surface area contributed by atoms with Crippen LogP contribution in [0.25, 0.3) is 0 Å². The molecule has 0 saturated carbocycles. The predicted molar refractivity (Wildman–Crippen MR) is 73.5 cm³/mol. The highest BCUT2D eigenvalue weighted by atomic mass is 79.9. The smallest absolute Gasteiger partial charge is 0.257 e. The number of halogens is 1. The third kappa shape index (κ3) is 2.84. The fraction of sp³-hybridized carbons (Fsp3) is 0.462. The molecule has 1 aromatic carbocycles. The highest BCUT2D eigenvalue weighted by molar-refractivity contribution is 9.10. The number of phenolic OH excluding ortho intramolecular Hbond substituents is 1. The minimum Gasteiger partial charge on any atom is -0.507 e. The van der Waals surface area contributed by atoms with E-state index in [0.29, 0.717) is 24.6 Å². The van der Waals surface area contributed by atoms with E-state index in [-0.39, 0.29) is 11.7 Å². The van der Waals surface area contributed by atoms with Crippen LogP contribution in [0.3, 0.4) is 0 Å². The molecule has 0 radical (unpaired) electrons. The number of nitrogens with zero attached hydrogens (tertiary/aromatic N) is 1. The van der Waals surface area contributed by atoms with Crippen LogP contribution in [0.2, 0.25) is 0 Å². The zero-order valence-electron chi connectivity index (χ0n) is 10.1. The van der Waals surface area contributed by atoms with Crippen LogP contribution in [0.4, 0.5) is 0 Å². The standard InChI is InChI=1S/C13H17BrN2O2/c14-10-3-4-12(17)11(6-10)13(18)16-5-1-2-9(7-15)8-16/h3-4,6,9,17H,1-2,5,7-8,15H2. The highest BCUT2D eigenvalue weighted by Crippen LogP contribution is 2.25. The van der Waals surface area contributed by atoms with E-state index in [2.05, 4.69) is 15.9 Å². The molecular formula is C13H17BrN2O2. The van der Waals surface area contributed by atoms with Crippen LogP contribution in [0.1, 0.15) is 23.2 Å². The van der Waals surface area contributed by atoms with Crippen LogP contribution < -0.4 is 5.73 Å². The maximum atomic E-state index is 12.3. The van der Waals surface area contributed by atoms with Crippen molar-refractivity contribution in [1.82, 2.24) is 4.90 Å². The van der Waals surface area contributed by atoms with Crippen molar-refractivity contribution < 1.29 is 9.90 Å². The third-order valence-corrected chi connectivity index (χ3v) is 3.82. The van der Waals surface area contributed by atoms with Crippen molar-refractivity contribution in [1.29, 1.82) is 0 Å². The maximum Gasteiger partial charge on any atom is 0.257 e. The summed E-state index contributed by atoms with van der Waals surface area (Å²) >= 11 is 3.31. The second-order valence-electron chi connectivity index (χ2n) is 4.66. The number of carbonyl (C=O) groups excluding carboxylic acids is 1. The van der Waals surface area contributed by atoms with Crippen LogP contribution in [-0.4, -0.2) is 35.5 Å². The van der Waals surface area contributed by atoms with Gasteiger partial charge in [-0.3, -0.25) is 4.79 Å². The third-order valence-electron chi connectivity index (χ3n) is 3.33. The first kappa shape index (κ1) is 13.4. The molecule has 0 spiro atoms. The molecule has 98 valence electrons. The Hall–Kier alpha value is -1.07. The largest absolute Gasteiger partial charge is 0.507 e. The van der Waals surface area contributed by atoms with Crippen LogP contribution in [0.15, 0.2) is 22.7 Å². The summed E-state index contributed by atoms with van der Waals surface area (Å²) in [5.41, 5.74) is 6.01. The Morgan fingerprint density at radius 2 is 2.33 bits per heavy atom. The molecule has 0 aromatic heterocycles. The summed E-state index contributed by atoms with van der Waals surface area (Å²) in [5, 5.41) is 9.77.